The van der Waals surface area contributed by atoms with Gasteiger partial charge in [-0.1, -0.05) is 44.9 Å². The topological polar surface area (TPSA) is 0 Å². The molecule has 0 aliphatic carbocycles. The van der Waals surface area contributed by atoms with Gasteiger partial charge in [0.2, 0.25) is 0 Å². The largest absolute Gasteiger partial charge is 0.103 e. The average Bonchev–Trinajstić information content (AvgIpc) is 2.05. The SMILES string of the molecule is C=CCC(C)/C(C)=C/C.CCC. The van der Waals surface area contributed by atoms with E-state index in [0.717, 1.165) is 6.42 Å². The molecule has 12 heavy (non-hydrogen) atoms. The Balaban J connectivity index is 0. The quantitative estimate of drug-likeness (QED) is 0.541. The van der Waals surface area contributed by atoms with Crippen LogP contribution in [0, 0.1) is 5.92 Å². The lowest BCUT2D eigenvalue weighted by Gasteiger charge is -2.07. The minimum atomic E-state index is 0.674. The van der Waals surface area contributed by atoms with Crippen molar-refractivity contribution < 1.29 is 0 Å². The van der Waals surface area contributed by atoms with Gasteiger partial charge in [-0.25, -0.2) is 0 Å². The van der Waals surface area contributed by atoms with Crippen molar-refractivity contribution in [2.75, 3.05) is 0 Å². The Bertz CT molecular complexity index is 120. The van der Waals surface area contributed by atoms with Crippen molar-refractivity contribution in [3.05, 3.63) is 24.3 Å². The fourth-order valence-electron chi connectivity index (χ4n) is 0.720. The molecule has 0 rings (SSSR count). The summed E-state index contributed by atoms with van der Waals surface area (Å²) in [5, 5.41) is 0. The van der Waals surface area contributed by atoms with Gasteiger partial charge < -0.3 is 0 Å². The van der Waals surface area contributed by atoms with E-state index in [1.165, 1.54) is 12.0 Å². The second-order valence-electron chi connectivity index (χ2n) is 3.17. The molecule has 0 radical (unpaired) electrons. The van der Waals surface area contributed by atoms with Crippen LogP contribution in [0.3, 0.4) is 0 Å². The van der Waals surface area contributed by atoms with Crippen molar-refractivity contribution in [1.29, 1.82) is 0 Å². The Hall–Kier alpha value is -0.520. The van der Waals surface area contributed by atoms with Crippen molar-refractivity contribution in [2.45, 2.75) is 47.5 Å². The molecule has 72 valence electrons. The van der Waals surface area contributed by atoms with E-state index in [0.29, 0.717) is 5.92 Å². The Morgan fingerprint density at radius 3 is 2.08 bits per heavy atom. The highest BCUT2D eigenvalue weighted by atomic mass is 14.0. The zero-order valence-electron chi connectivity index (χ0n) is 9.35. The summed E-state index contributed by atoms with van der Waals surface area (Å²) in [7, 11) is 0. The minimum Gasteiger partial charge on any atom is -0.103 e. The van der Waals surface area contributed by atoms with Crippen LogP contribution in [0.25, 0.3) is 0 Å². The lowest BCUT2D eigenvalue weighted by molar-refractivity contribution is 0.694. The lowest BCUT2D eigenvalue weighted by atomic mass is 9.99. The normalized spacial score (nSPS) is 12.9. The first-order valence-electron chi connectivity index (χ1n) is 4.87. The minimum absolute atomic E-state index is 0.674. The zero-order chi connectivity index (χ0) is 9.98. The van der Waals surface area contributed by atoms with Gasteiger partial charge in [0.05, 0.1) is 0 Å². The van der Waals surface area contributed by atoms with E-state index in [1.54, 1.807) is 0 Å². The first kappa shape index (κ1) is 14.0. The molecular formula is C12H24. The van der Waals surface area contributed by atoms with E-state index in [4.69, 9.17) is 0 Å². The molecule has 0 bridgehead atoms. The molecule has 0 saturated heterocycles. The molecule has 0 saturated carbocycles. The van der Waals surface area contributed by atoms with Crippen LogP contribution in [0.5, 0.6) is 0 Å². The summed E-state index contributed by atoms with van der Waals surface area (Å²) in [6.45, 7) is 14.4. The molecule has 0 N–H and O–H groups in total. The predicted molar refractivity (Wildman–Crippen MR) is 59.4 cm³/mol. The fraction of sp³-hybridized carbons (Fsp3) is 0.667. The Morgan fingerprint density at radius 1 is 1.42 bits per heavy atom. The van der Waals surface area contributed by atoms with Gasteiger partial charge >= 0.3 is 0 Å². The van der Waals surface area contributed by atoms with E-state index in [2.05, 4.69) is 47.3 Å². The molecule has 0 aromatic rings. The van der Waals surface area contributed by atoms with Gasteiger partial charge in [-0.3, -0.25) is 0 Å². The number of rotatable bonds is 3. The van der Waals surface area contributed by atoms with Crippen LogP contribution >= 0.6 is 0 Å². The van der Waals surface area contributed by atoms with E-state index in [-0.39, 0.29) is 0 Å². The van der Waals surface area contributed by atoms with Gasteiger partial charge in [0.25, 0.3) is 0 Å². The lowest BCUT2D eigenvalue weighted by Crippen LogP contribution is -1.92. The van der Waals surface area contributed by atoms with Crippen molar-refractivity contribution in [2.24, 2.45) is 5.92 Å². The van der Waals surface area contributed by atoms with Crippen LogP contribution in [-0.2, 0) is 0 Å². The van der Waals surface area contributed by atoms with Crippen LogP contribution in [0.15, 0.2) is 24.3 Å². The van der Waals surface area contributed by atoms with E-state index in [1.807, 2.05) is 6.08 Å². The van der Waals surface area contributed by atoms with Crippen LogP contribution in [0.1, 0.15) is 47.5 Å². The fourth-order valence-corrected chi connectivity index (χ4v) is 0.720. The number of hydrogen-bond donors (Lipinski definition) is 0. The summed E-state index contributed by atoms with van der Waals surface area (Å²) in [6.07, 6.45) is 6.47. The smallest absolute Gasteiger partial charge is 0.0200 e. The van der Waals surface area contributed by atoms with Crippen LogP contribution in [0.2, 0.25) is 0 Å². The molecule has 0 heterocycles. The second-order valence-corrected chi connectivity index (χ2v) is 3.17. The molecule has 0 aromatic heterocycles. The van der Waals surface area contributed by atoms with E-state index in [9.17, 15) is 0 Å². The van der Waals surface area contributed by atoms with Crippen molar-refractivity contribution in [3.8, 4) is 0 Å². The van der Waals surface area contributed by atoms with Gasteiger partial charge in [0.15, 0.2) is 0 Å². The monoisotopic (exact) mass is 168 g/mol. The van der Waals surface area contributed by atoms with Crippen LogP contribution < -0.4 is 0 Å². The van der Waals surface area contributed by atoms with Crippen LogP contribution in [0.4, 0.5) is 0 Å². The molecule has 0 spiro atoms. The standard InChI is InChI=1S/C9H16.C3H8/c1-5-7-9(4)8(3)6-2;1-3-2/h5-6,9H,1,7H2,2-4H3;3H2,1-2H3/b8-6+;. The molecule has 0 aliphatic heterocycles. The third kappa shape index (κ3) is 9.48. The third-order valence-electron chi connectivity index (χ3n) is 1.75. The first-order chi connectivity index (χ1) is 5.63. The Morgan fingerprint density at radius 2 is 1.83 bits per heavy atom. The van der Waals surface area contributed by atoms with Crippen molar-refractivity contribution in [3.63, 3.8) is 0 Å². The first-order valence-corrected chi connectivity index (χ1v) is 4.87. The van der Waals surface area contributed by atoms with Gasteiger partial charge in [0, 0.05) is 0 Å². The molecule has 0 nitrogen and oxygen atoms in total. The Kier molecular flexibility index (Phi) is 12.3. The molecule has 0 aromatic carbocycles. The second kappa shape index (κ2) is 10.5. The van der Waals surface area contributed by atoms with Gasteiger partial charge in [-0.2, -0.15) is 0 Å². The van der Waals surface area contributed by atoms with Crippen LogP contribution in [-0.4, -0.2) is 0 Å². The molecule has 1 unspecified atom stereocenters. The third-order valence-corrected chi connectivity index (χ3v) is 1.75. The molecule has 0 fully saturated rings. The highest BCUT2D eigenvalue weighted by molar-refractivity contribution is 5.01. The van der Waals surface area contributed by atoms with Gasteiger partial charge in [-0.05, 0) is 26.2 Å². The average molecular weight is 168 g/mol. The maximum Gasteiger partial charge on any atom is -0.0200 e. The predicted octanol–water partition coefficient (Wildman–Crippen LogP) is 4.58. The molecule has 0 aliphatic rings. The molecule has 0 heteroatoms. The zero-order valence-corrected chi connectivity index (χ0v) is 9.35. The van der Waals surface area contributed by atoms with Gasteiger partial charge in [0.1, 0.15) is 0 Å². The summed E-state index contributed by atoms with van der Waals surface area (Å²) in [5.74, 6) is 0.674. The van der Waals surface area contributed by atoms with Gasteiger partial charge in [-0.15, -0.1) is 6.58 Å². The maximum absolute atomic E-state index is 3.69. The summed E-state index contributed by atoms with van der Waals surface area (Å²) in [4.78, 5) is 0. The molecular weight excluding hydrogens is 144 g/mol. The van der Waals surface area contributed by atoms with Crippen molar-refractivity contribution in [1.82, 2.24) is 0 Å². The summed E-state index contributed by atoms with van der Waals surface area (Å²) < 4.78 is 0. The highest BCUT2D eigenvalue weighted by Gasteiger charge is 1.98. The molecule has 0 amide bonds. The number of hydrogen-bond acceptors (Lipinski definition) is 0. The summed E-state index contributed by atoms with van der Waals surface area (Å²) in [5.41, 5.74) is 1.45. The summed E-state index contributed by atoms with van der Waals surface area (Å²) >= 11 is 0. The molecule has 1 atom stereocenters. The van der Waals surface area contributed by atoms with E-state index < -0.39 is 0 Å². The highest BCUT2D eigenvalue weighted by Crippen LogP contribution is 2.12. The maximum atomic E-state index is 3.69. The van der Waals surface area contributed by atoms with E-state index >= 15 is 0 Å². The van der Waals surface area contributed by atoms with Crippen molar-refractivity contribution >= 4 is 0 Å². The Labute approximate surface area is 78.4 Å². The summed E-state index contributed by atoms with van der Waals surface area (Å²) in [6, 6.07) is 0. The number of allylic oxidation sites excluding steroid dienone is 3.